The van der Waals surface area contributed by atoms with Crippen LogP contribution in [0.25, 0.3) is 5.69 Å². The summed E-state index contributed by atoms with van der Waals surface area (Å²) < 4.78 is 14.9. The van der Waals surface area contributed by atoms with Crippen LogP contribution < -0.4 is 5.32 Å². The standard InChI is InChI=1S/C23H26FN7O2S/c1-16-6-7-20(17(2)12-16)31-23(26-27-28-31)34-15-22(33)30-10-8-29(9-11-30)14-21(32)25-19-5-3-4-18(24)13-19/h3-7,12-13H,8-11,14-15H2,1-2H3,(H,25,32). The molecule has 0 spiro atoms. The molecule has 2 heterocycles. The van der Waals surface area contributed by atoms with E-state index in [9.17, 15) is 14.0 Å². The molecule has 2 amide bonds. The van der Waals surface area contributed by atoms with Crippen LogP contribution in [0.1, 0.15) is 11.1 Å². The Labute approximate surface area is 201 Å². The summed E-state index contributed by atoms with van der Waals surface area (Å²) in [4.78, 5) is 28.8. The molecule has 0 unspecified atom stereocenters. The number of carbonyl (C=O) groups excluding carboxylic acids is 2. The molecule has 178 valence electrons. The second kappa shape index (κ2) is 10.7. The first-order valence-corrected chi connectivity index (χ1v) is 11.9. The fourth-order valence-corrected chi connectivity index (χ4v) is 4.59. The highest BCUT2D eigenvalue weighted by Gasteiger charge is 2.23. The minimum atomic E-state index is -0.397. The highest BCUT2D eigenvalue weighted by Crippen LogP contribution is 2.22. The average molecular weight is 484 g/mol. The second-order valence-corrected chi connectivity index (χ2v) is 9.11. The average Bonchev–Trinajstić information content (AvgIpc) is 3.26. The van der Waals surface area contributed by atoms with Gasteiger partial charge in [0.1, 0.15) is 5.82 Å². The van der Waals surface area contributed by atoms with Crippen molar-refractivity contribution in [1.82, 2.24) is 30.0 Å². The number of halogens is 1. The number of carbonyl (C=O) groups is 2. The van der Waals surface area contributed by atoms with E-state index in [2.05, 4.69) is 26.9 Å². The summed E-state index contributed by atoms with van der Waals surface area (Å²) in [5.41, 5.74) is 3.53. The number of rotatable bonds is 7. The van der Waals surface area contributed by atoms with E-state index in [4.69, 9.17) is 0 Å². The highest BCUT2D eigenvalue weighted by molar-refractivity contribution is 7.99. The summed E-state index contributed by atoms with van der Waals surface area (Å²) >= 11 is 1.30. The minimum absolute atomic E-state index is 0.00374. The number of piperazine rings is 1. The molecule has 1 aromatic heterocycles. The number of nitrogens with one attached hydrogen (secondary N) is 1. The van der Waals surface area contributed by atoms with Crippen LogP contribution in [-0.2, 0) is 9.59 Å². The van der Waals surface area contributed by atoms with E-state index in [1.165, 1.54) is 23.9 Å². The van der Waals surface area contributed by atoms with Crippen LogP contribution in [0.3, 0.4) is 0 Å². The molecular formula is C23H26FN7O2S. The van der Waals surface area contributed by atoms with E-state index in [1.54, 1.807) is 21.7 Å². The summed E-state index contributed by atoms with van der Waals surface area (Å²) in [5.74, 6) is -0.375. The normalized spacial score (nSPS) is 14.3. The second-order valence-electron chi connectivity index (χ2n) is 8.17. The van der Waals surface area contributed by atoms with Gasteiger partial charge in [-0.15, -0.1) is 5.10 Å². The zero-order chi connectivity index (χ0) is 24.1. The van der Waals surface area contributed by atoms with Gasteiger partial charge >= 0.3 is 0 Å². The first kappa shape index (κ1) is 23.8. The van der Waals surface area contributed by atoms with Crippen molar-refractivity contribution >= 4 is 29.3 Å². The van der Waals surface area contributed by atoms with Gasteiger partial charge in [0.15, 0.2) is 0 Å². The maximum Gasteiger partial charge on any atom is 0.238 e. The van der Waals surface area contributed by atoms with Crippen molar-refractivity contribution in [3.05, 3.63) is 59.4 Å². The smallest absolute Gasteiger partial charge is 0.238 e. The molecule has 0 saturated carbocycles. The number of benzene rings is 2. The van der Waals surface area contributed by atoms with Gasteiger partial charge in [-0.1, -0.05) is 35.5 Å². The molecular weight excluding hydrogens is 457 g/mol. The molecule has 1 fully saturated rings. The molecule has 9 nitrogen and oxygen atoms in total. The molecule has 34 heavy (non-hydrogen) atoms. The van der Waals surface area contributed by atoms with Crippen LogP contribution in [0.5, 0.6) is 0 Å². The van der Waals surface area contributed by atoms with Crippen LogP contribution in [0.15, 0.2) is 47.6 Å². The molecule has 0 radical (unpaired) electrons. The number of tetrazole rings is 1. The van der Waals surface area contributed by atoms with Crippen LogP contribution >= 0.6 is 11.8 Å². The Morgan fingerprint density at radius 2 is 1.88 bits per heavy atom. The Morgan fingerprint density at radius 1 is 1.09 bits per heavy atom. The molecule has 1 aliphatic rings. The quantitative estimate of drug-likeness (QED) is 0.515. The van der Waals surface area contributed by atoms with Crippen molar-refractivity contribution in [1.29, 1.82) is 0 Å². The maximum absolute atomic E-state index is 13.3. The van der Waals surface area contributed by atoms with Crippen LogP contribution in [0, 0.1) is 19.7 Å². The van der Waals surface area contributed by atoms with Crippen molar-refractivity contribution in [3.63, 3.8) is 0 Å². The van der Waals surface area contributed by atoms with Crippen LogP contribution in [-0.4, -0.2) is 80.3 Å². The zero-order valence-corrected chi connectivity index (χ0v) is 19.9. The SMILES string of the molecule is Cc1ccc(-n2nnnc2SCC(=O)N2CCN(CC(=O)Nc3cccc(F)c3)CC2)c(C)c1. The summed E-state index contributed by atoms with van der Waals surface area (Å²) in [7, 11) is 0. The van der Waals surface area contributed by atoms with Gasteiger partial charge in [-0.05, 0) is 54.1 Å². The molecule has 2 aromatic carbocycles. The van der Waals surface area contributed by atoms with Crippen molar-refractivity contribution in [2.45, 2.75) is 19.0 Å². The van der Waals surface area contributed by atoms with Gasteiger partial charge in [0.25, 0.3) is 0 Å². The molecule has 3 aromatic rings. The van der Waals surface area contributed by atoms with Crippen molar-refractivity contribution in [3.8, 4) is 5.69 Å². The van der Waals surface area contributed by atoms with Gasteiger partial charge in [-0.2, -0.15) is 4.68 Å². The van der Waals surface area contributed by atoms with E-state index in [0.717, 1.165) is 16.8 Å². The number of hydrogen-bond acceptors (Lipinski definition) is 7. The zero-order valence-electron chi connectivity index (χ0n) is 19.1. The Hall–Kier alpha value is -3.31. The maximum atomic E-state index is 13.3. The van der Waals surface area contributed by atoms with Gasteiger partial charge < -0.3 is 10.2 Å². The van der Waals surface area contributed by atoms with Crippen molar-refractivity contribution in [2.75, 3.05) is 43.8 Å². The number of nitrogens with zero attached hydrogens (tertiary/aromatic N) is 6. The van der Waals surface area contributed by atoms with Gasteiger partial charge in [0.05, 0.1) is 18.0 Å². The molecule has 1 N–H and O–H groups in total. The molecule has 0 bridgehead atoms. The number of aryl methyl sites for hydroxylation is 2. The van der Waals surface area contributed by atoms with Gasteiger partial charge in [-0.25, -0.2) is 4.39 Å². The predicted octanol–water partition coefficient (Wildman–Crippen LogP) is 2.29. The predicted molar refractivity (Wildman–Crippen MR) is 127 cm³/mol. The van der Waals surface area contributed by atoms with Gasteiger partial charge in [0, 0.05) is 31.9 Å². The fourth-order valence-electron chi connectivity index (χ4n) is 3.81. The van der Waals surface area contributed by atoms with E-state index in [1.807, 2.05) is 30.9 Å². The Balaban J connectivity index is 1.25. The van der Waals surface area contributed by atoms with Crippen LogP contribution in [0.2, 0.25) is 0 Å². The highest BCUT2D eigenvalue weighted by atomic mass is 32.2. The van der Waals surface area contributed by atoms with E-state index >= 15 is 0 Å². The number of thioether (sulfide) groups is 1. The van der Waals surface area contributed by atoms with Crippen molar-refractivity contribution < 1.29 is 14.0 Å². The lowest BCUT2D eigenvalue weighted by Crippen LogP contribution is -2.50. The van der Waals surface area contributed by atoms with Crippen molar-refractivity contribution in [2.24, 2.45) is 0 Å². The van der Waals surface area contributed by atoms with Gasteiger partial charge in [-0.3, -0.25) is 14.5 Å². The Morgan fingerprint density at radius 3 is 2.62 bits per heavy atom. The minimum Gasteiger partial charge on any atom is -0.339 e. The topological polar surface area (TPSA) is 96.2 Å². The lowest BCUT2D eigenvalue weighted by Gasteiger charge is -2.34. The number of anilines is 1. The summed E-state index contributed by atoms with van der Waals surface area (Å²) in [6.07, 6.45) is 0. The third kappa shape index (κ3) is 5.97. The number of amides is 2. The number of hydrogen-bond donors (Lipinski definition) is 1. The van der Waals surface area contributed by atoms with Gasteiger partial charge in [0.2, 0.25) is 17.0 Å². The monoisotopic (exact) mass is 483 g/mol. The third-order valence-electron chi connectivity index (χ3n) is 5.55. The lowest BCUT2D eigenvalue weighted by molar-refractivity contribution is -0.130. The molecule has 0 aliphatic carbocycles. The largest absolute Gasteiger partial charge is 0.339 e. The lowest BCUT2D eigenvalue weighted by atomic mass is 10.1. The summed E-state index contributed by atoms with van der Waals surface area (Å²) in [5, 5.41) is 15.2. The summed E-state index contributed by atoms with van der Waals surface area (Å²) in [6, 6.07) is 11.8. The first-order chi connectivity index (χ1) is 16.4. The van der Waals surface area contributed by atoms with E-state index in [-0.39, 0.29) is 24.1 Å². The Kier molecular flexibility index (Phi) is 7.53. The summed E-state index contributed by atoms with van der Waals surface area (Å²) in [6.45, 7) is 6.48. The van der Waals surface area contributed by atoms with Crippen LogP contribution in [0.4, 0.5) is 10.1 Å². The van der Waals surface area contributed by atoms with E-state index in [0.29, 0.717) is 37.0 Å². The molecule has 4 rings (SSSR count). The molecule has 1 aliphatic heterocycles. The molecule has 1 saturated heterocycles. The molecule has 11 heteroatoms. The molecule has 0 atom stereocenters. The Bertz CT molecular complexity index is 1180. The third-order valence-corrected chi connectivity index (χ3v) is 6.45. The van der Waals surface area contributed by atoms with E-state index < -0.39 is 5.82 Å². The first-order valence-electron chi connectivity index (χ1n) is 10.9. The number of aromatic nitrogens is 4. The fraction of sp³-hybridized carbons (Fsp3) is 0.348.